The van der Waals surface area contributed by atoms with Crippen LogP contribution in [0.15, 0.2) is 0 Å². The lowest BCUT2D eigenvalue weighted by Crippen LogP contribution is -2.50. The quantitative estimate of drug-likeness (QED) is 0.282. The van der Waals surface area contributed by atoms with Gasteiger partial charge < -0.3 is 9.11 Å². The Kier molecular flexibility index (Phi) is 6.09. The predicted molar refractivity (Wildman–Crippen MR) is 50.7 cm³/mol. The van der Waals surface area contributed by atoms with Crippen molar-refractivity contribution >= 4 is 43.5 Å². The van der Waals surface area contributed by atoms with Gasteiger partial charge >= 0.3 is 25.9 Å². The van der Waals surface area contributed by atoms with E-state index in [0.29, 0.717) is 8.25 Å². The van der Waals surface area contributed by atoms with Gasteiger partial charge in [0, 0.05) is 8.25 Å². The molecule has 0 aromatic carbocycles. The Labute approximate surface area is 105 Å². The van der Waals surface area contributed by atoms with Crippen molar-refractivity contribution in [3.63, 3.8) is 0 Å². The van der Waals surface area contributed by atoms with Crippen molar-refractivity contribution in [2.75, 3.05) is 0 Å². The summed E-state index contributed by atoms with van der Waals surface area (Å²) in [7, 11) is -11.5. The molecule has 0 aromatic rings. The van der Waals surface area contributed by atoms with Gasteiger partial charge in [-0.1, -0.05) is 3.89 Å². The highest BCUT2D eigenvalue weighted by Gasteiger charge is 2.49. The lowest BCUT2D eigenvalue weighted by atomic mass is 11.6. The third kappa shape index (κ3) is 6.89. The topological polar surface area (TPSA) is 150 Å². The minimum Gasteiger partial charge on any atom is -0.575 e. The average molecular weight is 357 g/mol. The zero-order valence-electron chi connectivity index (χ0n) is 7.59. The highest BCUT2D eigenvalue weighted by atomic mass is 32.3. The van der Waals surface area contributed by atoms with Crippen LogP contribution in [-0.4, -0.2) is 31.4 Å². The van der Waals surface area contributed by atoms with Gasteiger partial charge in [-0.05, 0) is 0 Å². The van der Waals surface area contributed by atoms with E-state index in [0.717, 1.165) is 4.13 Å². The van der Waals surface area contributed by atoms with Crippen LogP contribution in [0.4, 0.5) is 17.1 Å². The van der Waals surface area contributed by atoms with Crippen molar-refractivity contribution in [3.8, 4) is 0 Å². The Morgan fingerprint density at radius 2 is 1.33 bits per heavy atom. The predicted octanol–water partition coefficient (Wildman–Crippen LogP) is -2.02. The molecule has 0 aliphatic rings. The minimum atomic E-state index is -6.00. The third-order valence-corrected chi connectivity index (χ3v) is 5.52. The molecule has 0 aromatic heterocycles. The molecule has 0 saturated heterocycles. The van der Waals surface area contributed by atoms with Gasteiger partial charge in [0.25, 0.3) is 0 Å². The number of halogens is 4. The van der Waals surface area contributed by atoms with Crippen LogP contribution in [0.25, 0.3) is 0 Å². The van der Waals surface area contributed by atoms with Crippen LogP contribution in [0.3, 0.4) is 0 Å². The first-order valence-corrected chi connectivity index (χ1v) is 8.32. The molecular formula is CH3F4N3O6S4. The van der Waals surface area contributed by atoms with Gasteiger partial charge in [0.15, 0.2) is 0 Å². The maximum Gasteiger partial charge on any atom is 0.515 e. The van der Waals surface area contributed by atoms with Crippen LogP contribution < -0.4 is 12.4 Å². The number of hydrogen-bond acceptors (Lipinski definition) is 7. The van der Waals surface area contributed by atoms with Gasteiger partial charge in [0.1, 0.15) is 0 Å². The molecule has 0 bridgehead atoms. The maximum absolute atomic E-state index is 11.8. The van der Waals surface area contributed by atoms with E-state index in [2.05, 4.69) is 0 Å². The number of nitrogens with one attached hydrogen (secondary N) is 3. The molecule has 9 nitrogen and oxygen atoms in total. The van der Waals surface area contributed by atoms with Crippen molar-refractivity contribution in [2.45, 2.75) is 5.51 Å². The van der Waals surface area contributed by atoms with Gasteiger partial charge in [-0.3, -0.25) is 0 Å². The summed E-state index contributed by atoms with van der Waals surface area (Å²) in [5.74, 6) is 0. The Bertz CT molecular complexity index is 472. The number of alkyl halides is 3. The van der Waals surface area contributed by atoms with Gasteiger partial charge in [-0.25, -0.2) is 0 Å². The molecular weight excluding hydrogens is 354 g/mol. The van der Waals surface area contributed by atoms with E-state index in [1.165, 1.54) is 0 Å². The van der Waals surface area contributed by atoms with E-state index in [-0.39, 0.29) is 0 Å². The standard InChI is InChI=1S/CH3F4N3O6S4/c2-1(3,4)17(11,12)7-15(9)6-16(10)8-18(5,13)14/h6-8H. The van der Waals surface area contributed by atoms with E-state index in [9.17, 15) is 43.0 Å². The van der Waals surface area contributed by atoms with E-state index in [4.69, 9.17) is 0 Å². The SMILES string of the molecule is O=S(=O)(F)N[S+]([O-])N[S+]([O-])NS(=O)(=O)C(F)(F)F. The molecule has 2 atom stereocenters. The second-order valence-electron chi connectivity index (χ2n) is 2.17. The van der Waals surface area contributed by atoms with Gasteiger partial charge in [0.05, 0.1) is 4.13 Å². The summed E-state index contributed by atoms with van der Waals surface area (Å²) in [5, 5.41) is 0. The molecule has 2 unspecified atom stereocenters. The monoisotopic (exact) mass is 357 g/mol. The average Bonchev–Trinajstić information content (AvgIpc) is 1.94. The summed E-state index contributed by atoms with van der Waals surface area (Å²) in [5.41, 5.74) is -5.79. The van der Waals surface area contributed by atoms with E-state index < -0.39 is 49.0 Å². The summed E-state index contributed by atoms with van der Waals surface area (Å²) in [6.07, 6.45) is 0. The van der Waals surface area contributed by atoms with Gasteiger partial charge in [-0.15, -0.1) is 0 Å². The molecule has 0 saturated carbocycles. The molecule has 18 heavy (non-hydrogen) atoms. The second kappa shape index (κ2) is 6.05. The summed E-state index contributed by atoms with van der Waals surface area (Å²) < 4.78 is 111. The van der Waals surface area contributed by atoms with Crippen molar-refractivity contribution in [1.29, 1.82) is 0 Å². The number of rotatable bonds is 6. The normalized spacial score (nSPS) is 17.4. The first kappa shape index (κ1) is 18.1. The minimum absolute atomic E-state index is 0.471. The fraction of sp³-hybridized carbons (Fsp3) is 1.00. The van der Waals surface area contributed by atoms with E-state index in [1.54, 1.807) is 0 Å². The van der Waals surface area contributed by atoms with Crippen LogP contribution in [-0.2, 0) is 43.5 Å². The second-order valence-corrected chi connectivity index (χ2v) is 7.59. The van der Waals surface area contributed by atoms with Gasteiger partial charge in [-0.2, -0.15) is 30.0 Å². The van der Waals surface area contributed by atoms with Crippen molar-refractivity contribution in [1.82, 2.24) is 12.4 Å². The molecule has 0 spiro atoms. The molecule has 0 amide bonds. The van der Waals surface area contributed by atoms with Crippen LogP contribution in [0, 0.1) is 0 Å². The van der Waals surface area contributed by atoms with E-state index >= 15 is 0 Å². The van der Waals surface area contributed by atoms with Crippen LogP contribution in [0.2, 0.25) is 0 Å². The molecule has 0 fully saturated rings. The molecule has 0 aliphatic carbocycles. The summed E-state index contributed by atoms with van der Waals surface area (Å²) in [6.45, 7) is 0. The van der Waals surface area contributed by atoms with Crippen LogP contribution >= 0.6 is 0 Å². The Morgan fingerprint density at radius 3 is 1.67 bits per heavy atom. The molecule has 0 heterocycles. The molecule has 0 radical (unpaired) electrons. The van der Waals surface area contributed by atoms with Crippen LogP contribution in [0.1, 0.15) is 0 Å². The molecule has 110 valence electrons. The molecule has 17 heteroatoms. The Balaban J connectivity index is 4.50. The highest BCUT2D eigenvalue weighted by molar-refractivity contribution is 8.12. The molecule has 0 rings (SSSR count). The maximum atomic E-state index is 11.8. The summed E-state index contributed by atoms with van der Waals surface area (Å²) in [6, 6.07) is 0. The lowest BCUT2D eigenvalue weighted by Gasteiger charge is -2.12. The third-order valence-electron chi connectivity index (χ3n) is 0.817. The fourth-order valence-electron chi connectivity index (χ4n) is 0.340. The smallest absolute Gasteiger partial charge is 0.515 e. The number of hydrogen-bond donors (Lipinski definition) is 3. The first-order chi connectivity index (χ1) is 7.74. The lowest BCUT2D eigenvalue weighted by molar-refractivity contribution is -0.0441. The van der Waals surface area contributed by atoms with Gasteiger partial charge in [0.2, 0.25) is 23.1 Å². The first-order valence-electron chi connectivity index (χ1n) is 3.15. The highest BCUT2D eigenvalue weighted by Crippen LogP contribution is 2.21. The molecule has 0 aliphatic heterocycles. The Hall–Kier alpha value is 0.120. The van der Waals surface area contributed by atoms with Crippen LogP contribution in [0.5, 0.6) is 0 Å². The summed E-state index contributed by atoms with van der Waals surface area (Å²) in [4.78, 5) is 0. The van der Waals surface area contributed by atoms with Crippen molar-refractivity contribution < 1.29 is 43.0 Å². The molecule has 3 N–H and O–H groups in total. The summed E-state index contributed by atoms with van der Waals surface area (Å²) >= 11 is -6.44. The largest absolute Gasteiger partial charge is 0.575 e. The fourth-order valence-corrected chi connectivity index (χ4v) is 3.67. The van der Waals surface area contributed by atoms with E-state index in [1.807, 2.05) is 0 Å². The van der Waals surface area contributed by atoms with Crippen molar-refractivity contribution in [2.24, 2.45) is 0 Å². The zero-order chi connectivity index (χ0) is 14.8. The van der Waals surface area contributed by atoms with Crippen molar-refractivity contribution in [3.05, 3.63) is 0 Å². The Morgan fingerprint density at radius 1 is 0.944 bits per heavy atom. The number of sulfonamides is 1. The zero-order valence-corrected chi connectivity index (χ0v) is 10.9.